The molecule has 0 unspecified atom stereocenters. The van der Waals surface area contributed by atoms with E-state index in [1.54, 1.807) is 0 Å². The van der Waals surface area contributed by atoms with Gasteiger partial charge in [0.25, 0.3) is 0 Å². The molecule has 0 saturated carbocycles. The Balaban J connectivity index is 1.17. The van der Waals surface area contributed by atoms with Crippen molar-refractivity contribution in [1.82, 2.24) is 9.62 Å². The lowest BCUT2D eigenvalue weighted by atomic mass is 9.89. The quantitative estimate of drug-likeness (QED) is 0.433. The Hall–Kier alpha value is -3.69. The lowest BCUT2D eigenvalue weighted by Gasteiger charge is -2.30. The molecule has 0 spiro atoms. The van der Waals surface area contributed by atoms with Crippen molar-refractivity contribution in [3.05, 3.63) is 95.1 Å². The third kappa shape index (κ3) is 5.99. The summed E-state index contributed by atoms with van der Waals surface area (Å²) in [4.78, 5) is 24.6. The summed E-state index contributed by atoms with van der Waals surface area (Å²) in [5.74, 6) is -0.990. The molecule has 1 aliphatic carbocycles. The fourth-order valence-corrected chi connectivity index (χ4v) is 6.54. The number of alkyl carbamates (subject to hydrolysis) is 1. The van der Waals surface area contributed by atoms with Crippen LogP contribution in [-0.4, -0.2) is 61.9 Å². The van der Waals surface area contributed by atoms with Crippen molar-refractivity contribution in [2.24, 2.45) is 0 Å². The van der Waals surface area contributed by atoms with E-state index in [1.165, 1.54) is 10.6 Å². The van der Waals surface area contributed by atoms with Crippen LogP contribution in [0, 0.1) is 0 Å². The molecule has 1 aliphatic heterocycles. The molecule has 39 heavy (non-hydrogen) atoms. The molecule has 1 amide bonds. The molecule has 9 heteroatoms. The summed E-state index contributed by atoms with van der Waals surface area (Å²) in [5.41, 5.74) is 6.29. The first-order valence-electron chi connectivity index (χ1n) is 13.1. The highest BCUT2D eigenvalue weighted by atomic mass is 32.2. The fourth-order valence-electron chi connectivity index (χ4n) is 5.66. The molecular formula is C30H32N2O6S. The topological polar surface area (TPSA) is 113 Å². The summed E-state index contributed by atoms with van der Waals surface area (Å²) < 4.78 is 30.5. The molecule has 8 nitrogen and oxygen atoms in total. The predicted molar refractivity (Wildman–Crippen MR) is 148 cm³/mol. The Labute approximate surface area is 228 Å². The maximum Gasteiger partial charge on any atom is 0.407 e. The molecule has 0 bridgehead atoms. The van der Waals surface area contributed by atoms with Crippen molar-refractivity contribution in [3.63, 3.8) is 0 Å². The third-order valence-electron chi connectivity index (χ3n) is 7.75. The minimum atomic E-state index is -3.17. The maximum absolute atomic E-state index is 12.6. The van der Waals surface area contributed by atoms with Gasteiger partial charge in [-0.15, -0.1) is 0 Å². The lowest BCUT2D eigenvalue weighted by molar-refractivity contribution is -0.139. The number of carboxylic acid groups (broad SMARTS) is 1. The van der Waals surface area contributed by atoms with Gasteiger partial charge in [0.05, 0.1) is 6.26 Å². The van der Waals surface area contributed by atoms with Crippen LogP contribution < -0.4 is 5.32 Å². The highest BCUT2D eigenvalue weighted by molar-refractivity contribution is 7.88. The van der Waals surface area contributed by atoms with Gasteiger partial charge in [-0.2, -0.15) is 0 Å². The number of piperidine rings is 1. The normalized spacial score (nSPS) is 16.7. The van der Waals surface area contributed by atoms with Crippen LogP contribution in [0.5, 0.6) is 0 Å². The van der Waals surface area contributed by atoms with Gasteiger partial charge in [-0.3, -0.25) is 0 Å². The van der Waals surface area contributed by atoms with E-state index in [2.05, 4.69) is 17.4 Å². The predicted octanol–water partition coefficient (Wildman–Crippen LogP) is 4.36. The summed E-state index contributed by atoms with van der Waals surface area (Å²) in [7, 11) is -3.17. The zero-order valence-electron chi connectivity index (χ0n) is 21.7. The second kappa shape index (κ2) is 11.2. The van der Waals surface area contributed by atoms with Crippen LogP contribution >= 0.6 is 0 Å². The van der Waals surface area contributed by atoms with Gasteiger partial charge in [-0.1, -0.05) is 72.8 Å². The van der Waals surface area contributed by atoms with Crippen LogP contribution in [0.1, 0.15) is 46.9 Å². The van der Waals surface area contributed by atoms with Gasteiger partial charge in [-0.25, -0.2) is 22.3 Å². The van der Waals surface area contributed by atoms with Crippen molar-refractivity contribution in [1.29, 1.82) is 0 Å². The molecule has 0 radical (unpaired) electrons. The van der Waals surface area contributed by atoms with Gasteiger partial charge < -0.3 is 15.2 Å². The van der Waals surface area contributed by atoms with Crippen LogP contribution in [0.4, 0.5) is 4.79 Å². The standard InChI is InChI=1S/C30H32N2O6S/c1-39(36,37)32-16-14-22(15-17-32)21-12-10-20(11-13-21)18-28(29(33)34)31-30(35)38-19-27-25-8-4-2-6-23(25)24-7-3-5-9-26(24)27/h2-13,22,27-28H,14-19H2,1H3,(H,31,35)(H,33,34)/t28-/m0/s1. The van der Waals surface area contributed by atoms with E-state index in [4.69, 9.17) is 4.74 Å². The maximum atomic E-state index is 12.6. The van der Waals surface area contributed by atoms with Gasteiger partial charge in [-0.05, 0) is 52.1 Å². The highest BCUT2D eigenvalue weighted by Gasteiger charge is 2.30. The Morgan fingerprint density at radius 3 is 2.05 bits per heavy atom. The van der Waals surface area contributed by atoms with E-state index in [0.29, 0.717) is 13.1 Å². The van der Waals surface area contributed by atoms with E-state index >= 15 is 0 Å². The number of carboxylic acids is 1. The minimum Gasteiger partial charge on any atom is -0.480 e. The number of fused-ring (bicyclic) bond motifs is 3. The number of benzene rings is 3. The number of hydrogen-bond donors (Lipinski definition) is 2. The zero-order valence-corrected chi connectivity index (χ0v) is 22.6. The molecule has 0 aromatic heterocycles. The number of nitrogens with zero attached hydrogens (tertiary/aromatic N) is 1. The molecule has 3 aromatic rings. The average Bonchev–Trinajstić information content (AvgIpc) is 3.25. The lowest BCUT2D eigenvalue weighted by Crippen LogP contribution is -2.42. The molecule has 2 aliphatic rings. The van der Waals surface area contributed by atoms with Gasteiger partial charge in [0.1, 0.15) is 12.6 Å². The molecule has 204 valence electrons. The largest absolute Gasteiger partial charge is 0.480 e. The van der Waals surface area contributed by atoms with Crippen molar-refractivity contribution in [2.75, 3.05) is 26.0 Å². The monoisotopic (exact) mass is 548 g/mol. The first kappa shape index (κ1) is 26.9. The minimum absolute atomic E-state index is 0.108. The Morgan fingerprint density at radius 1 is 0.949 bits per heavy atom. The van der Waals surface area contributed by atoms with Gasteiger partial charge in [0.15, 0.2) is 0 Å². The van der Waals surface area contributed by atoms with Gasteiger partial charge >= 0.3 is 12.1 Å². The number of amides is 1. The average molecular weight is 549 g/mol. The number of sulfonamides is 1. The summed E-state index contributed by atoms with van der Waals surface area (Å²) in [6.07, 6.45) is 2.07. The second-order valence-corrected chi connectivity index (χ2v) is 12.2. The fraction of sp³-hybridized carbons (Fsp3) is 0.333. The van der Waals surface area contributed by atoms with E-state index in [1.807, 2.05) is 60.7 Å². The van der Waals surface area contributed by atoms with E-state index in [0.717, 1.165) is 46.2 Å². The zero-order chi connectivity index (χ0) is 27.6. The van der Waals surface area contributed by atoms with Crippen LogP contribution in [0.15, 0.2) is 72.8 Å². The molecule has 3 aromatic carbocycles. The third-order valence-corrected chi connectivity index (χ3v) is 9.05. The van der Waals surface area contributed by atoms with Crippen LogP contribution in [0.3, 0.4) is 0 Å². The molecular weight excluding hydrogens is 516 g/mol. The first-order valence-corrected chi connectivity index (χ1v) is 14.9. The number of rotatable bonds is 8. The van der Waals surface area contributed by atoms with Gasteiger partial charge in [0, 0.05) is 25.4 Å². The van der Waals surface area contributed by atoms with Crippen molar-refractivity contribution in [3.8, 4) is 11.1 Å². The van der Waals surface area contributed by atoms with Crippen molar-refractivity contribution in [2.45, 2.75) is 37.1 Å². The summed E-state index contributed by atoms with van der Waals surface area (Å²) >= 11 is 0. The number of ether oxygens (including phenoxy) is 1. The van der Waals surface area contributed by atoms with Crippen molar-refractivity contribution >= 4 is 22.1 Å². The Bertz CT molecular complexity index is 1420. The number of carbonyl (C=O) groups excluding carboxylic acids is 1. The number of nitrogens with one attached hydrogen (secondary N) is 1. The summed E-state index contributed by atoms with van der Waals surface area (Å²) in [6, 6.07) is 22.6. The van der Waals surface area contributed by atoms with E-state index in [9.17, 15) is 23.1 Å². The Morgan fingerprint density at radius 2 is 1.51 bits per heavy atom. The molecule has 1 atom stereocenters. The second-order valence-electron chi connectivity index (χ2n) is 10.2. The van der Waals surface area contributed by atoms with Crippen LogP contribution in [-0.2, 0) is 26.0 Å². The van der Waals surface area contributed by atoms with Gasteiger partial charge in [0.2, 0.25) is 10.0 Å². The highest BCUT2D eigenvalue weighted by Crippen LogP contribution is 2.44. The number of hydrogen-bond acceptors (Lipinski definition) is 5. The van der Waals surface area contributed by atoms with E-state index in [-0.39, 0.29) is 24.9 Å². The van der Waals surface area contributed by atoms with Crippen LogP contribution in [0.2, 0.25) is 0 Å². The SMILES string of the molecule is CS(=O)(=O)N1CCC(c2ccc(C[C@H](NC(=O)OCC3c4ccccc4-c4ccccc43)C(=O)O)cc2)CC1. The molecule has 1 fully saturated rings. The Kier molecular flexibility index (Phi) is 7.72. The number of aliphatic carboxylic acids is 1. The smallest absolute Gasteiger partial charge is 0.407 e. The summed E-state index contributed by atoms with van der Waals surface area (Å²) in [6.45, 7) is 1.10. The summed E-state index contributed by atoms with van der Waals surface area (Å²) in [5, 5.41) is 12.3. The van der Waals surface area contributed by atoms with E-state index < -0.39 is 28.1 Å². The molecule has 2 N–H and O–H groups in total. The molecule has 5 rings (SSSR count). The van der Waals surface area contributed by atoms with Crippen molar-refractivity contribution < 1.29 is 27.9 Å². The first-order chi connectivity index (χ1) is 18.7. The number of carbonyl (C=O) groups is 2. The van der Waals surface area contributed by atoms with Crippen LogP contribution in [0.25, 0.3) is 11.1 Å². The molecule has 1 saturated heterocycles. The molecule has 1 heterocycles.